The number of hydrogen-bond donors (Lipinski definition) is 1. The van der Waals surface area contributed by atoms with Crippen molar-refractivity contribution < 1.29 is 22.7 Å². The third-order valence-electron chi connectivity index (χ3n) is 4.07. The minimum atomic E-state index is -3.10. The number of anilines is 1. The maximum absolute atomic E-state index is 12.2. The van der Waals surface area contributed by atoms with E-state index in [-0.39, 0.29) is 42.3 Å². The van der Waals surface area contributed by atoms with Gasteiger partial charge in [-0.2, -0.15) is 0 Å². The molecule has 1 saturated heterocycles. The SMILES string of the molecule is COc1ccc(Cl)cc1NC(=O)CCN(C(C)=O)C1CCS(=O)(=O)C1. The lowest BCUT2D eigenvalue weighted by molar-refractivity contribution is -0.131. The van der Waals surface area contributed by atoms with E-state index in [2.05, 4.69) is 5.32 Å². The molecule has 0 radical (unpaired) electrons. The van der Waals surface area contributed by atoms with Gasteiger partial charge in [0.25, 0.3) is 0 Å². The van der Waals surface area contributed by atoms with Crippen molar-refractivity contribution in [2.45, 2.75) is 25.8 Å². The number of ether oxygens (including phenoxy) is 1. The first-order valence-electron chi connectivity index (χ1n) is 7.83. The molecule has 1 unspecified atom stereocenters. The molecule has 1 aromatic rings. The van der Waals surface area contributed by atoms with Crippen molar-refractivity contribution in [2.24, 2.45) is 0 Å². The number of methoxy groups -OCH3 is 1. The van der Waals surface area contributed by atoms with E-state index in [1.54, 1.807) is 18.2 Å². The van der Waals surface area contributed by atoms with E-state index < -0.39 is 9.84 Å². The maximum Gasteiger partial charge on any atom is 0.226 e. The number of carbonyl (C=O) groups excluding carboxylic acids is 2. The van der Waals surface area contributed by atoms with Crippen LogP contribution in [0.1, 0.15) is 19.8 Å². The zero-order chi connectivity index (χ0) is 18.6. The van der Waals surface area contributed by atoms with E-state index in [4.69, 9.17) is 16.3 Å². The molecule has 1 fully saturated rings. The largest absolute Gasteiger partial charge is 0.495 e. The van der Waals surface area contributed by atoms with Crippen LogP contribution in [0.3, 0.4) is 0 Å². The molecule has 25 heavy (non-hydrogen) atoms. The molecule has 7 nitrogen and oxygen atoms in total. The molecule has 0 aliphatic carbocycles. The summed E-state index contributed by atoms with van der Waals surface area (Å²) in [6, 6.07) is 4.50. The second-order valence-electron chi connectivity index (χ2n) is 5.91. The van der Waals surface area contributed by atoms with Crippen LogP contribution in [0.5, 0.6) is 5.75 Å². The molecule has 138 valence electrons. The number of nitrogens with zero attached hydrogens (tertiary/aromatic N) is 1. The highest BCUT2D eigenvalue weighted by Gasteiger charge is 2.33. The summed E-state index contributed by atoms with van der Waals surface area (Å²) >= 11 is 5.92. The van der Waals surface area contributed by atoms with E-state index in [9.17, 15) is 18.0 Å². The molecule has 0 spiro atoms. The van der Waals surface area contributed by atoms with Crippen LogP contribution in [-0.4, -0.2) is 56.3 Å². The van der Waals surface area contributed by atoms with E-state index in [0.717, 1.165) is 0 Å². The summed E-state index contributed by atoms with van der Waals surface area (Å²) in [6.45, 7) is 1.53. The molecule has 0 aromatic heterocycles. The summed E-state index contributed by atoms with van der Waals surface area (Å²) in [5, 5.41) is 3.15. The Balaban J connectivity index is 1.98. The monoisotopic (exact) mass is 388 g/mol. The molecule has 1 atom stereocenters. The van der Waals surface area contributed by atoms with Gasteiger partial charge >= 0.3 is 0 Å². The molecular weight excluding hydrogens is 368 g/mol. The fourth-order valence-corrected chi connectivity index (χ4v) is 4.73. The van der Waals surface area contributed by atoms with Crippen molar-refractivity contribution in [3.8, 4) is 5.75 Å². The van der Waals surface area contributed by atoms with Crippen LogP contribution in [0, 0.1) is 0 Å². The lowest BCUT2D eigenvalue weighted by Gasteiger charge is -2.26. The van der Waals surface area contributed by atoms with Gasteiger partial charge in [-0.3, -0.25) is 9.59 Å². The lowest BCUT2D eigenvalue weighted by atomic mass is 10.2. The molecule has 0 bridgehead atoms. The van der Waals surface area contributed by atoms with Crippen LogP contribution in [0.2, 0.25) is 5.02 Å². The highest BCUT2D eigenvalue weighted by molar-refractivity contribution is 7.91. The first-order valence-corrected chi connectivity index (χ1v) is 10.0. The molecule has 2 rings (SSSR count). The summed E-state index contributed by atoms with van der Waals surface area (Å²) in [6.07, 6.45) is 0.456. The molecular formula is C16H21ClN2O5S. The van der Waals surface area contributed by atoms with E-state index in [1.165, 1.54) is 18.9 Å². The first kappa shape index (κ1) is 19.5. The standard InChI is InChI=1S/C16H21ClN2O5S/c1-11(20)19(13-6-8-25(22,23)10-13)7-5-16(21)18-14-9-12(17)3-4-15(14)24-2/h3-4,9,13H,5-8,10H2,1-2H3,(H,18,21). The van der Waals surface area contributed by atoms with Crippen LogP contribution in [0.25, 0.3) is 0 Å². The second kappa shape index (κ2) is 8.05. The van der Waals surface area contributed by atoms with E-state index in [0.29, 0.717) is 22.9 Å². The highest BCUT2D eigenvalue weighted by atomic mass is 35.5. The predicted molar refractivity (Wildman–Crippen MR) is 95.7 cm³/mol. The second-order valence-corrected chi connectivity index (χ2v) is 8.58. The van der Waals surface area contributed by atoms with Crippen LogP contribution < -0.4 is 10.1 Å². The number of rotatable bonds is 6. The van der Waals surface area contributed by atoms with Gasteiger partial charge < -0.3 is 15.0 Å². The molecule has 1 N–H and O–H groups in total. The number of sulfone groups is 1. The minimum Gasteiger partial charge on any atom is -0.495 e. The topological polar surface area (TPSA) is 92.8 Å². The normalized spacial score (nSPS) is 18.6. The highest BCUT2D eigenvalue weighted by Crippen LogP contribution is 2.27. The van der Waals surface area contributed by atoms with E-state index >= 15 is 0 Å². The quantitative estimate of drug-likeness (QED) is 0.800. The van der Waals surface area contributed by atoms with Crippen molar-refractivity contribution >= 4 is 38.9 Å². The molecule has 1 aromatic carbocycles. The van der Waals surface area contributed by atoms with Gasteiger partial charge in [-0.15, -0.1) is 0 Å². The van der Waals surface area contributed by atoms with Crippen LogP contribution >= 0.6 is 11.6 Å². The Kier molecular flexibility index (Phi) is 6.29. The maximum atomic E-state index is 12.2. The van der Waals surface area contributed by atoms with E-state index in [1.807, 2.05) is 0 Å². The average molecular weight is 389 g/mol. The summed E-state index contributed by atoms with van der Waals surface area (Å²) in [5.41, 5.74) is 0.442. The summed E-state index contributed by atoms with van der Waals surface area (Å²) < 4.78 is 28.4. The van der Waals surface area contributed by atoms with Gasteiger partial charge in [0.2, 0.25) is 11.8 Å². The van der Waals surface area contributed by atoms with Crippen molar-refractivity contribution in [2.75, 3.05) is 30.5 Å². The van der Waals surface area contributed by atoms with Gasteiger partial charge in [-0.1, -0.05) is 11.6 Å². The number of nitrogens with one attached hydrogen (secondary N) is 1. The zero-order valence-electron chi connectivity index (χ0n) is 14.1. The predicted octanol–water partition coefficient (Wildman–Crippen LogP) is 1.71. The fourth-order valence-electron chi connectivity index (χ4n) is 2.83. The number of hydrogen-bond acceptors (Lipinski definition) is 5. The van der Waals surface area contributed by atoms with Crippen molar-refractivity contribution in [3.63, 3.8) is 0 Å². The molecule has 2 amide bonds. The molecule has 1 heterocycles. The Bertz CT molecular complexity index is 766. The molecule has 9 heteroatoms. The van der Waals surface area contributed by atoms with Crippen molar-refractivity contribution in [3.05, 3.63) is 23.2 Å². The summed E-state index contributed by atoms with van der Waals surface area (Å²) in [4.78, 5) is 25.5. The van der Waals surface area contributed by atoms with Gasteiger partial charge in [0, 0.05) is 31.0 Å². The van der Waals surface area contributed by atoms with Gasteiger partial charge in [-0.25, -0.2) is 8.42 Å². The smallest absolute Gasteiger partial charge is 0.226 e. The summed E-state index contributed by atoms with van der Waals surface area (Å²) in [7, 11) is -1.62. The number of carbonyl (C=O) groups is 2. The Labute approximate surface area is 152 Å². The number of halogens is 1. The fraction of sp³-hybridized carbons (Fsp3) is 0.500. The molecule has 1 aliphatic heterocycles. The third-order valence-corrected chi connectivity index (χ3v) is 6.05. The van der Waals surface area contributed by atoms with Crippen molar-refractivity contribution in [1.82, 2.24) is 4.90 Å². The van der Waals surface area contributed by atoms with Crippen LogP contribution in [0.15, 0.2) is 18.2 Å². The lowest BCUT2D eigenvalue weighted by Crippen LogP contribution is -2.41. The number of benzene rings is 1. The number of amides is 2. The van der Waals surface area contributed by atoms with Gasteiger partial charge in [0.05, 0.1) is 24.3 Å². The third kappa shape index (κ3) is 5.34. The summed E-state index contributed by atoms with van der Waals surface area (Å²) in [5.74, 6) is -0.0464. The van der Waals surface area contributed by atoms with Crippen LogP contribution in [-0.2, 0) is 19.4 Å². The zero-order valence-corrected chi connectivity index (χ0v) is 15.7. The molecule has 1 aliphatic rings. The first-order chi connectivity index (χ1) is 11.7. The van der Waals surface area contributed by atoms with Gasteiger partial charge in [0.15, 0.2) is 9.84 Å². The van der Waals surface area contributed by atoms with Crippen molar-refractivity contribution in [1.29, 1.82) is 0 Å². The average Bonchev–Trinajstić information content (AvgIpc) is 2.87. The van der Waals surface area contributed by atoms with Gasteiger partial charge in [-0.05, 0) is 24.6 Å². The minimum absolute atomic E-state index is 0.0453. The Morgan fingerprint density at radius 1 is 1.40 bits per heavy atom. The van der Waals surface area contributed by atoms with Crippen LogP contribution in [0.4, 0.5) is 5.69 Å². The molecule has 0 saturated carbocycles. The van der Waals surface area contributed by atoms with Gasteiger partial charge in [0.1, 0.15) is 5.75 Å². The Hall–Kier alpha value is -1.80. The Morgan fingerprint density at radius 3 is 2.68 bits per heavy atom. The Morgan fingerprint density at radius 2 is 2.12 bits per heavy atom.